The van der Waals surface area contributed by atoms with Gasteiger partial charge in [-0.3, -0.25) is 9.48 Å². The van der Waals surface area contributed by atoms with Crippen molar-refractivity contribution in [3.05, 3.63) is 71.0 Å². The summed E-state index contributed by atoms with van der Waals surface area (Å²) in [5.41, 5.74) is 2.62. The number of sulfonamides is 1. The standard InChI is InChI=1S/C24H27N3O5S/c1-5-16-13-17(7-8-18(16)14-27-12-6-11-25-27)23(28)26-33(29,30)22-20(31-4)10-9-19-21(22)32-15-24(19,2)3/h6-13H,5,14-15H2,1-4H3,(H,26,28). The Kier molecular flexibility index (Phi) is 5.92. The Morgan fingerprint density at radius 1 is 1.24 bits per heavy atom. The van der Waals surface area contributed by atoms with E-state index in [1.54, 1.807) is 35.1 Å². The first-order valence-corrected chi connectivity index (χ1v) is 12.1. The molecule has 0 atom stereocenters. The third-order valence-electron chi connectivity index (χ3n) is 5.84. The fourth-order valence-corrected chi connectivity index (χ4v) is 5.31. The van der Waals surface area contributed by atoms with E-state index in [9.17, 15) is 13.2 Å². The molecule has 3 aromatic rings. The number of aromatic nitrogens is 2. The molecule has 0 radical (unpaired) electrons. The van der Waals surface area contributed by atoms with Crippen molar-refractivity contribution in [2.45, 2.75) is 44.0 Å². The van der Waals surface area contributed by atoms with E-state index in [4.69, 9.17) is 9.47 Å². The molecule has 0 bridgehead atoms. The van der Waals surface area contributed by atoms with Crippen molar-refractivity contribution in [3.8, 4) is 11.5 Å². The third-order valence-corrected chi connectivity index (χ3v) is 7.22. The molecule has 0 saturated carbocycles. The van der Waals surface area contributed by atoms with Gasteiger partial charge in [-0.2, -0.15) is 5.10 Å². The molecule has 1 aromatic heterocycles. The number of hydrogen-bond donors (Lipinski definition) is 1. The number of ether oxygens (including phenoxy) is 2. The molecular weight excluding hydrogens is 442 g/mol. The maximum Gasteiger partial charge on any atom is 0.271 e. The number of methoxy groups -OCH3 is 1. The molecule has 0 saturated heterocycles. The van der Waals surface area contributed by atoms with E-state index in [1.807, 2.05) is 39.1 Å². The van der Waals surface area contributed by atoms with Crippen LogP contribution in [0.15, 0.2) is 53.7 Å². The molecule has 1 aliphatic heterocycles. The van der Waals surface area contributed by atoms with Crippen molar-refractivity contribution in [3.63, 3.8) is 0 Å². The zero-order valence-electron chi connectivity index (χ0n) is 19.1. The summed E-state index contributed by atoms with van der Waals surface area (Å²) in [7, 11) is -2.88. The molecule has 174 valence electrons. The SMILES string of the molecule is CCc1cc(C(=O)NS(=O)(=O)c2c(OC)ccc3c2OCC3(C)C)ccc1Cn1cccn1. The van der Waals surface area contributed by atoms with Gasteiger partial charge in [0.2, 0.25) is 0 Å². The normalized spacial score (nSPS) is 14.4. The van der Waals surface area contributed by atoms with Gasteiger partial charge in [-0.05, 0) is 41.8 Å². The van der Waals surface area contributed by atoms with Crippen LogP contribution >= 0.6 is 0 Å². The van der Waals surface area contributed by atoms with Gasteiger partial charge in [-0.1, -0.05) is 32.9 Å². The van der Waals surface area contributed by atoms with Gasteiger partial charge in [0.05, 0.1) is 20.3 Å². The molecule has 2 heterocycles. The Morgan fingerprint density at radius 3 is 2.70 bits per heavy atom. The first kappa shape index (κ1) is 22.8. The van der Waals surface area contributed by atoms with Gasteiger partial charge in [-0.25, -0.2) is 13.1 Å². The number of fused-ring (bicyclic) bond motifs is 1. The van der Waals surface area contributed by atoms with Gasteiger partial charge < -0.3 is 9.47 Å². The number of carbonyl (C=O) groups excluding carboxylic acids is 1. The monoisotopic (exact) mass is 469 g/mol. The van der Waals surface area contributed by atoms with Gasteiger partial charge >= 0.3 is 0 Å². The quantitative estimate of drug-likeness (QED) is 0.570. The van der Waals surface area contributed by atoms with Crippen molar-refractivity contribution in [2.24, 2.45) is 0 Å². The third kappa shape index (κ3) is 4.32. The van der Waals surface area contributed by atoms with Crippen molar-refractivity contribution in [1.82, 2.24) is 14.5 Å². The summed E-state index contributed by atoms with van der Waals surface area (Å²) in [6.45, 7) is 6.83. The summed E-state index contributed by atoms with van der Waals surface area (Å²) in [5, 5.41) is 4.22. The Morgan fingerprint density at radius 2 is 2.03 bits per heavy atom. The second-order valence-corrected chi connectivity index (χ2v) is 10.2. The first-order valence-electron chi connectivity index (χ1n) is 10.7. The lowest BCUT2D eigenvalue weighted by molar-refractivity contribution is 0.0981. The van der Waals surface area contributed by atoms with E-state index in [1.165, 1.54) is 7.11 Å². The molecule has 0 unspecified atom stereocenters. The maximum absolute atomic E-state index is 13.3. The predicted molar refractivity (Wildman–Crippen MR) is 123 cm³/mol. The van der Waals surface area contributed by atoms with Crippen LogP contribution in [0, 0.1) is 0 Å². The van der Waals surface area contributed by atoms with Crippen molar-refractivity contribution in [2.75, 3.05) is 13.7 Å². The smallest absolute Gasteiger partial charge is 0.271 e. The van der Waals surface area contributed by atoms with E-state index in [-0.39, 0.29) is 27.4 Å². The Bertz CT molecular complexity index is 1300. The molecule has 9 heteroatoms. The summed E-state index contributed by atoms with van der Waals surface area (Å²) in [5.74, 6) is -0.369. The number of carbonyl (C=O) groups is 1. The highest BCUT2D eigenvalue weighted by molar-refractivity contribution is 7.90. The zero-order valence-corrected chi connectivity index (χ0v) is 19.9. The largest absolute Gasteiger partial charge is 0.495 e. The minimum atomic E-state index is -4.26. The van der Waals surface area contributed by atoms with Crippen molar-refractivity contribution >= 4 is 15.9 Å². The molecular formula is C24H27N3O5S. The highest BCUT2D eigenvalue weighted by Crippen LogP contribution is 2.46. The number of rotatable bonds is 7. The van der Waals surface area contributed by atoms with Crippen LogP contribution in [0.2, 0.25) is 0 Å². The molecule has 4 rings (SSSR count). The fourth-order valence-electron chi connectivity index (χ4n) is 4.02. The minimum Gasteiger partial charge on any atom is -0.495 e. The van der Waals surface area contributed by atoms with Crippen LogP contribution in [-0.4, -0.2) is 37.8 Å². The van der Waals surface area contributed by atoms with E-state index >= 15 is 0 Å². The van der Waals surface area contributed by atoms with Gasteiger partial charge in [0.1, 0.15) is 11.5 Å². The van der Waals surface area contributed by atoms with Gasteiger partial charge in [-0.15, -0.1) is 0 Å². The molecule has 8 nitrogen and oxygen atoms in total. The zero-order chi connectivity index (χ0) is 23.8. The number of benzene rings is 2. The second-order valence-electron chi connectivity index (χ2n) is 8.62. The van der Waals surface area contributed by atoms with Crippen LogP contribution in [0.5, 0.6) is 11.5 Å². The summed E-state index contributed by atoms with van der Waals surface area (Å²) in [6.07, 6.45) is 4.26. The predicted octanol–water partition coefficient (Wildman–Crippen LogP) is 3.29. The van der Waals surface area contributed by atoms with Crippen LogP contribution in [-0.2, 0) is 28.4 Å². The molecule has 1 aliphatic rings. The molecule has 33 heavy (non-hydrogen) atoms. The second kappa shape index (κ2) is 8.55. The molecule has 1 N–H and O–H groups in total. The van der Waals surface area contributed by atoms with Crippen LogP contribution in [0.1, 0.15) is 47.8 Å². The van der Waals surface area contributed by atoms with E-state index < -0.39 is 15.9 Å². The number of amides is 1. The highest BCUT2D eigenvalue weighted by Gasteiger charge is 2.39. The number of nitrogens with one attached hydrogen (secondary N) is 1. The molecule has 0 spiro atoms. The molecule has 1 amide bonds. The van der Waals surface area contributed by atoms with Crippen LogP contribution in [0.3, 0.4) is 0 Å². The van der Waals surface area contributed by atoms with Crippen molar-refractivity contribution in [1.29, 1.82) is 0 Å². The fraction of sp³-hybridized carbons (Fsp3) is 0.333. The summed E-state index contributed by atoms with van der Waals surface area (Å²) < 4.78 is 41.6. The average molecular weight is 470 g/mol. The molecule has 0 aliphatic carbocycles. The average Bonchev–Trinajstić information content (AvgIpc) is 3.40. The summed E-state index contributed by atoms with van der Waals surface area (Å²) in [4.78, 5) is 12.8. The lowest BCUT2D eigenvalue weighted by Gasteiger charge is -2.17. The lowest BCUT2D eigenvalue weighted by atomic mass is 9.87. The van der Waals surface area contributed by atoms with Crippen molar-refractivity contribution < 1.29 is 22.7 Å². The first-order chi connectivity index (χ1) is 15.7. The Labute approximate surface area is 193 Å². The number of nitrogens with zero attached hydrogens (tertiary/aromatic N) is 2. The lowest BCUT2D eigenvalue weighted by Crippen LogP contribution is -2.31. The maximum atomic E-state index is 13.3. The molecule has 0 fully saturated rings. The topological polar surface area (TPSA) is 99.5 Å². The molecule has 2 aromatic carbocycles. The number of hydrogen-bond acceptors (Lipinski definition) is 6. The summed E-state index contributed by atoms with van der Waals surface area (Å²) in [6, 6.07) is 10.4. The van der Waals surface area contributed by atoms with Gasteiger partial charge in [0.25, 0.3) is 15.9 Å². The van der Waals surface area contributed by atoms with E-state index in [0.717, 1.165) is 16.7 Å². The van der Waals surface area contributed by atoms with Gasteiger partial charge in [0, 0.05) is 28.9 Å². The van der Waals surface area contributed by atoms with Crippen LogP contribution in [0.25, 0.3) is 0 Å². The van der Waals surface area contributed by atoms with E-state index in [0.29, 0.717) is 19.6 Å². The van der Waals surface area contributed by atoms with Crippen LogP contribution < -0.4 is 14.2 Å². The minimum absolute atomic E-state index is 0.121. The van der Waals surface area contributed by atoms with Crippen LogP contribution in [0.4, 0.5) is 0 Å². The Hall–Kier alpha value is -3.33. The highest BCUT2D eigenvalue weighted by atomic mass is 32.2. The summed E-state index contributed by atoms with van der Waals surface area (Å²) >= 11 is 0. The Balaban J connectivity index is 1.65. The van der Waals surface area contributed by atoms with E-state index in [2.05, 4.69) is 9.82 Å². The van der Waals surface area contributed by atoms with Gasteiger partial charge in [0.15, 0.2) is 4.90 Å². The number of aryl methyl sites for hydroxylation is 1.